The highest BCUT2D eigenvalue weighted by Crippen LogP contribution is 2.36. The fourth-order valence-electron chi connectivity index (χ4n) is 3.75. The van der Waals surface area contributed by atoms with Gasteiger partial charge in [0.25, 0.3) is 0 Å². The summed E-state index contributed by atoms with van der Waals surface area (Å²) in [7, 11) is 0. The van der Waals surface area contributed by atoms with Crippen molar-refractivity contribution in [2.75, 3.05) is 19.6 Å². The molecule has 0 N–H and O–H groups in total. The van der Waals surface area contributed by atoms with Gasteiger partial charge in [0.2, 0.25) is 0 Å². The molecule has 3 rings (SSSR count). The van der Waals surface area contributed by atoms with E-state index in [0.29, 0.717) is 6.42 Å². The summed E-state index contributed by atoms with van der Waals surface area (Å²) in [5.41, 5.74) is 1.02. The first-order valence-electron chi connectivity index (χ1n) is 8.38. The van der Waals surface area contributed by atoms with E-state index in [1.165, 1.54) is 38.8 Å². The quantitative estimate of drug-likeness (QED) is 0.749. The van der Waals surface area contributed by atoms with Crippen LogP contribution < -0.4 is 0 Å². The van der Waals surface area contributed by atoms with E-state index in [2.05, 4.69) is 4.90 Å². The number of nitrogens with zero attached hydrogens (tertiary/aromatic N) is 1. The summed E-state index contributed by atoms with van der Waals surface area (Å²) < 4.78 is 0. The lowest BCUT2D eigenvalue weighted by Crippen LogP contribution is -2.31. The molecule has 2 atom stereocenters. The summed E-state index contributed by atoms with van der Waals surface area (Å²) in [5, 5.41) is 0.721. The topological polar surface area (TPSA) is 20.3 Å². The third-order valence-electron chi connectivity index (χ3n) is 5.03. The molecular weight excluding hydrogens is 294 g/mol. The van der Waals surface area contributed by atoms with Gasteiger partial charge in [0.05, 0.1) is 0 Å². The van der Waals surface area contributed by atoms with E-state index in [1.54, 1.807) is 6.08 Å². The number of fused-ring (bicyclic) bond motifs is 2. The van der Waals surface area contributed by atoms with E-state index in [9.17, 15) is 4.79 Å². The lowest BCUT2D eigenvalue weighted by atomic mass is 10.0. The van der Waals surface area contributed by atoms with Crippen LogP contribution in [-0.2, 0) is 4.79 Å². The van der Waals surface area contributed by atoms with Crippen molar-refractivity contribution in [2.24, 2.45) is 11.8 Å². The Labute approximate surface area is 138 Å². The van der Waals surface area contributed by atoms with E-state index < -0.39 is 0 Å². The Balaban J connectivity index is 1.45. The second-order valence-electron chi connectivity index (χ2n) is 6.74. The zero-order valence-electron chi connectivity index (χ0n) is 13.0. The molecule has 2 nitrogen and oxygen atoms in total. The summed E-state index contributed by atoms with van der Waals surface area (Å²) >= 11 is 5.85. The van der Waals surface area contributed by atoms with E-state index >= 15 is 0 Å². The molecule has 118 valence electrons. The monoisotopic (exact) mass is 317 g/mol. The molecule has 0 aromatic heterocycles. The molecule has 1 aromatic carbocycles. The zero-order valence-corrected chi connectivity index (χ0v) is 13.8. The van der Waals surface area contributed by atoms with Crippen molar-refractivity contribution in [3.63, 3.8) is 0 Å². The van der Waals surface area contributed by atoms with E-state index in [4.69, 9.17) is 11.6 Å². The third kappa shape index (κ3) is 4.44. The van der Waals surface area contributed by atoms with Crippen LogP contribution in [0.25, 0.3) is 6.08 Å². The number of hydrogen-bond acceptors (Lipinski definition) is 2. The average molecular weight is 318 g/mol. The molecular formula is C19H24ClNO. The van der Waals surface area contributed by atoms with Crippen LogP contribution in [0.5, 0.6) is 0 Å². The second-order valence-corrected chi connectivity index (χ2v) is 7.17. The van der Waals surface area contributed by atoms with Crippen LogP contribution >= 0.6 is 11.6 Å². The maximum atomic E-state index is 12.0. The molecule has 1 saturated heterocycles. The first kappa shape index (κ1) is 15.8. The van der Waals surface area contributed by atoms with Crippen molar-refractivity contribution in [2.45, 2.75) is 32.1 Å². The van der Waals surface area contributed by atoms with Gasteiger partial charge in [-0.2, -0.15) is 0 Å². The van der Waals surface area contributed by atoms with Crippen LogP contribution in [0.3, 0.4) is 0 Å². The minimum atomic E-state index is 0.212. The minimum Gasteiger partial charge on any atom is -0.303 e. The van der Waals surface area contributed by atoms with Gasteiger partial charge in [0, 0.05) is 24.5 Å². The van der Waals surface area contributed by atoms with Crippen molar-refractivity contribution in [3.05, 3.63) is 40.9 Å². The highest BCUT2D eigenvalue weighted by molar-refractivity contribution is 6.30. The number of carbonyl (C=O) groups is 1. The van der Waals surface area contributed by atoms with Crippen molar-refractivity contribution in [1.82, 2.24) is 4.90 Å². The number of benzene rings is 1. The second kappa shape index (κ2) is 7.43. The Morgan fingerprint density at radius 2 is 1.95 bits per heavy atom. The highest BCUT2D eigenvalue weighted by Gasteiger charge is 2.29. The van der Waals surface area contributed by atoms with Crippen LogP contribution in [0, 0.1) is 11.8 Å². The fourth-order valence-corrected chi connectivity index (χ4v) is 3.87. The van der Waals surface area contributed by atoms with Gasteiger partial charge in [-0.1, -0.05) is 36.2 Å². The number of ketones is 1. The van der Waals surface area contributed by atoms with Crippen molar-refractivity contribution in [1.29, 1.82) is 0 Å². The average Bonchev–Trinajstić information content (AvgIpc) is 2.85. The van der Waals surface area contributed by atoms with Crippen LogP contribution in [0.1, 0.15) is 37.7 Å². The molecule has 22 heavy (non-hydrogen) atoms. The molecule has 0 amide bonds. The molecule has 1 aromatic rings. The molecule has 1 aliphatic carbocycles. The van der Waals surface area contributed by atoms with Gasteiger partial charge in [0.1, 0.15) is 0 Å². The van der Waals surface area contributed by atoms with Gasteiger partial charge in [-0.3, -0.25) is 4.79 Å². The normalized spacial score (nSPS) is 25.5. The Bertz CT molecular complexity index is 537. The van der Waals surface area contributed by atoms with Gasteiger partial charge in [-0.05, 0) is 61.4 Å². The van der Waals surface area contributed by atoms with E-state index in [0.717, 1.165) is 29.0 Å². The van der Waals surface area contributed by atoms with Gasteiger partial charge in [0.15, 0.2) is 5.78 Å². The Morgan fingerprint density at radius 3 is 2.77 bits per heavy atom. The number of likely N-dealkylation sites (tertiary alicyclic amines) is 1. The maximum absolute atomic E-state index is 12.0. The molecule has 1 aliphatic heterocycles. The van der Waals surface area contributed by atoms with Crippen molar-refractivity contribution < 1.29 is 4.79 Å². The third-order valence-corrected chi connectivity index (χ3v) is 5.28. The van der Waals surface area contributed by atoms with Gasteiger partial charge in [-0.15, -0.1) is 0 Å². The summed E-state index contributed by atoms with van der Waals surface area (Å²) in [4.78, 5) is 14.5. The van der Waals surface area contributed by atoms with E-state index in [-0.39, 0.29) is 5.78 Å². The molecule has 1 saturated carbocycles. The molecule has 1 heterocycles. The summed E-state index contributed by atoms with van der Waals surface area (Å²) in [6.45, 7) is 3.28. The standard InChI is InChI=1S/C19H24ClNO/c20-18-6-3-15(4-7-18)5-8-19(22)10-12-21-11-9-16-1-2-17(13-16)14-21/h3-8,16-17H,1-2,9-14H2/b8-5+. The smallest absolute Gasteiger partial charge is 0.156 e. The number of halogens is 1. The predicted octanol–water partition coefficient (Wildman–Crippen LogP) is 4.43. The number of allylic oxidation sites excluding steroid dienone is 1. The van der Waals surface area contributed by atoms with Crippen LogP contribution in [0.2, 0.25) is 5.02 Å². The predicted molar refractivity (Wildman–Crippen MR) is 92.0 cm³/mol. The SMILES string of the molecule is O=C(/C=C/c1ccc(Cl)cc1)CCN1CCC2CCC(C2)C1. The fraction of sp³-hybridized carbons (Fsp3) is 0.526. The van der Waals surface area contributed by atoms with Crippen molar-refractivity contribution in [3.8, 4) is 0 Å². The van der Waals surface area contributed by atoms with Crippen LogP contribution in [-0.4, -0.2) is 30.3 Å². The molecule has 2 fully saturated rings. The number of rotatable bonds is 5. The molecule has 3 heteroatoms. The Hall–Kier alpha value is -1.12. The maximum Gasteiger partial charge on any atom is 0.156 e. The van der Waals surface area contributed by atoms with Gasteiger partial charge < -0.3 is 4.90 Å². The summed E-state index contributed by atoms with van der Waals surface area (Å²) in [6.07, 6.45) is 9.77. The first-order chi connectivity index (χ1) is 10.7. The summed E-state index contributed by atoms with van der Waals surface area (Å²) in [6, 6.07) is 7.55. The van der Waals surface area contributed by atoms with Crippen LogP contribution in [0.15, 0.2) is 30.3 Å². The lowest BCUT2D eigenvalue weighted by molar-refractivity contribution is -0.114. The molecule has 2 bridgehead atoms. The van der Waals surface area contributed by atoms with Gasteiger partial charge >= 0.3 is 0 Å². The Kier molecular flexibility index (Phi) is 5.32. The van der Waals surface area contributed by atoms with Crippen LogP contribution in [0.4, 0.5) is 0 Å². The van der Waals surface area contributed by atoms with Crippen molar-refractivity contribution >= 4 is 23.5 Å². The number of hydrogen-bond donors (Lipinski definition) is 0. The molecule has 2 aliphatic rings. The Morgan fingerprint density at radius 1 is 1.18 bits per heavy atom. The highest BCUT2D eigenvalue weighted by atomic mass is 35.5. The van der Waals surface area contributed by atoms with E-state index in [1.807, 2.05) is 30.3 Å². The lowest BCUT2D eigenvalue weighted by Gasteiger charge is -2.23. The minimum absolute atomic E-state index is 0.212. The molecule has 0 radical (unpaired) electrons. The summed E-state index contributed by atoms with van der Waals surface area (Å²) in [5.74, 6) is 2.05. The zero-order chi connectivity index (χ0) is 15.4. The largest absolute Gasteiger partial charge is 0.303 e. The molecule has 2 unspecified atom stereocenters. The van der Waals surface area contributed by atoms with Gasteiger partial charge in [-0.25, -0.2) is 0 Å². The number of carbonyl (C=O) groups excluding carboxylic acids is 1. The molecule has 0 spiro atoms. The first-order valence-corrected chi connectivity index (χ1v) is 8.75.